The predicted octanol–water partition coefficient (Wildman–Crippen LogP) is 3.89. The number of hydrogen-bond donors (Lipinski definition) is 0. The third-order valence-corrected chi connectivity index (χ3v) is 3.21. The van der Waals surface area contributed by atoms with Crippen LogP contribution in [0.4, 0.5) is 0 Å². The van der Waals surface area contributed by atoms with Crippen molar-refractivity contribution in [3.63, 3.8) is 0 Å². The molecular weight excluding hydrogens is 212 g/mol. The largest absolute Gasteiger partial charge is 0.353 e. The summed E-state index contributed by atoms with van der Waals surface area (Å²) in [6, 6.07) is 0. The van der Waals surface area contributed by atoms with E-state index in [9.17, 15) is 0 Å². The van der Waals surface area contributed by atoms with Crippen molar-refractivity contribution in [2.75, 3.05) is 6.61 Å². The topological polar surface area (TPSA) is 18.5 Å². The average Bonchev–Trinajstić information content (AvgIpc) is 2.36. The maximum atomic E-state index is 5.95. The summed E-state index contributed by atoms with van der Waals surface area (Å²) < 4.78 is 11.5. The summed E-state index contributed by atoms with van der Waals surface area (Å²) >= 11 is 0. The van der Waals surface area contributed by atoms with Gasteiger partial charge in [-0.3, -0.25) is 0 Å². The molecule has 0 spiro atoms. The highest BCUT2D eigenvalue weighted by Gasteiger charge is 2.18. The standard InChI is InChI=1S/C15H26O2/c1-3-5-6-7-11-14(10-4-2)17-15-12-8-9-13-16-15/h2,14-15H,3,5-13H2,1H3. The molecule has 0 aromatic rings. The minimum atomic E-state index is -0.00623. The van der Waals surface area contributed by atoms with Crippen LogP contribution in [-0.4, -0.2) is 19.0 Å². The van der Waals surface area contributed by atoms with E-state index >= 15 is 0 Å². The Morgan fingerprint density at radius 2 is 2.24 bits per heavy atom. The third kappa shape index (κ3) is 6.71. The van der Waals surface area contributed by atoms with Crippen molar-refractivity contribution in [1.82, 2.24) is 0 Å². The van der Waals surface area contributed by atoms with E-state index < -0.39 is 0 Å². The fraction of sp³-hybridized carbons (Fsp3) is 0.867. The van der Waals surface area contributed by atoms with Crippen LogP contribution in [-0.2, 0) is 9.47 Å². The molecule has 1 rings (SSSR count). The lowest BCUT2D eigenvalue weighted by Crippen LogP contribution is -2.27. The predicted molar refractivity (Wildman–Crippen MR) is 70.7 cm³/mol. The Bertz CT molecular complexity index is 213. The van der Waals surface area contributed by atoms with Crippen molar-refractivity contribution in [2.45, 2.75) is 77.1 Å². The van der Waals surface area contributed by atoms with Crippen molar-refractivity contribution in [2.24, 2.45) is 0 Å². The lowest BCUT2D eigenvalue weighted by molar-refractivity contribution is -0.188. The zero-order valence-electron chi connectivity index (χ0n) is 11.1. The van der Waals surface area contributed by atoms with Gasteiger partial charge >= 0.3 is 0 Å². The van der Waals surface area contributed by atoms with Gasteiger partial charge in [-0.1, -0.05) is 32.6 Å². The van der Waals surface area contributed by atoms with Crippen molar-refractivity contribution < 1.29 is 9.47 Å². The molecule has 1 aliphatic rings. The van der Waals surface area contributed by atoms with Crippen molar-refractivity contribution in [3.05, 3.63) is 0 Å². The second kappa shape index (κ2) is 9.50. The molecule has 1 fully saturated rings. The van der Waals surface area contributed by atoms with Crippen LogP contribution in [0.1, 0.15) is 64.7 Å². The Morgan fingerprint density at radius 3 is 2.88 bits per heavy atom. The molecule has 0 bridgehead atoms. The zero-order valence-corrected chi connectivity index (χ0v) is 11.1. The quantitative estimate of drug-likeness (QED) is 0.472. The van der Waals surface area contributed by atoms with Crippen molar-refractivity contribution >= 4 is 0 Å². The average molecular weight is 238 g/mol. The summed E-state index contributed by atoms with van der Waals surface area (Å²) in [7, 11) is 0. The summed E-state index contributed by atoms with van der Waals surface area (Å²) in [5, 5.41) is 0. The number of hydrogen-bond acceptors (Lipinski definition) is 2. The van der Waals surface area contributed by atoms with Gasteiger partial charge in [0.15, 0.2) is 6.29 Å². The van der Waals surface area contributed by atoms with Gasteiger partial charge < -0.3 is 9.47 Å². The number of ether oxygens (including phenoxy) is 2. The van der Waals surface area contributed by atoms with Crippen LogP contribution in [0.3, 0.4) is 0 Å². The molecule has 1 heterocycles. The Morgan fingerprint density at radius 1 is 1.35 bits per heavy atom. The van der Waals surface area contributed by atoms with Gasteiger partial charge in [-0.2, -0.15) is 0 Å². The highest BCUT2D eigenvalue weighted by Crippen LogP contribution is 2.19. The number of unbranched alkanes of at least 4 members (excludes halogenated alkanes) is 3. The van der Waals surface area contributed by atoms with Crippen molar-refractivity contribution in [3.8, 4) is 12.3 Å². The van der Waals surface area contributed by atoms with Gasteiger partial charge in [0.05, 0.1) is 6.10 Å². The summed E-state index contributed by atoms with van der Waals surface area (Å²) in [6.07, 6.45) is 15.8. The van der Waals surface area contributed by atoms with Gasteiger partial charge in [0.25, 0.3) is 0 Å². The molecule has 2 heteroatoms. The summed E-state index contributed by atoms with van der Waals surface area (Å²) in [6.45, 7) is 3.06. The highest BCUT2D eigenvalue weighted by molar-refractivity contribution is 4.87. The van der Waals surface area contributed by atoms with Gasteiger partial charge in [-0.25, -0.2) is 0 Å². The second-order valence-corrected chi connectivity index (χ2v) is 4.81. The third-order valence-electron chi connectivity index (χ3n) is 3.21. The Kier molecular flexibility index (Phi) is 8.13. The van der Waals surface area contributed by atoms with Crippen LogP contribution in [0.2, 0.25) is 0 Å². The molecule has 0 N–H and O–H groups in total. The van der Waals surface area contributed by atoms with Crippen LogP contribution in [0.15, 0.2) is 0 Å². The van der Waals surface area contributed by atoms with Crippen LogP contribution in [0.25, 0.3) is 0 Å². The van der Waals surface area contributed by atoms with E-state index in [-0.39, 0.29) is 12.4 Å². The first-order valence-corrected chi connectivity index (χ1v) is 7.07. The maximum absolute atomic E-state index is 5.95. The van der Waals surface area contributed by atoms with Gasteiger partial charge in [0.2, 0.25) is 0 Å². The van der Waals surface area contributed by atoms with Gasteiger partial charge in [0.1, 0.15) is 0 Å². The molecular formula is C15H26O2. The molecule has 0 aromatic carbocycles. The molecule has 2 atom stereocenters. The second-order valence-electron chi connectivity index (χ2n) is 4.81. The molecule has 0 aliphatic carbocycles. The molecule has 17 heavy (non-hydrogen) atoms. The SMILES string of the molecule is C#CCC(CCCCCC)OC1CCCCO1. The fourth-order valence-corrected chi connectivity index (χ4v) is 2.18. The van der Waals surface area contributed by atoms with E-state index in [2.05, 4.69) is 12.8 Å². The normalized spacial score (nSPS) is 22.0. The van der Waals surface area contributed by atoms with E-state index in [1.54, 1.807) is 0 Å². The van der Waals surface area contributed by atoms with Gasteiger partial charge in [0, 0.05) is 13.0 Å². The number of terminal acetylenes is 1. The van der Waals surface area contributed by atoms with Crippen LogP contribution in [0.5, 0.6) is 0 Å². The van der Waals surface area contributed by atoms with Gasteiger partial charge in [-0.15, -0.1) is 12.3 Å². The summed E-state index contributed by atoms with van der Waals surface area (Å²) in [4.78, 5) is 0. The van der Waals surface area contributed by atoms with Crippen LogP contribution < -0.4 is 0 Å². The highest BCUT2D eigenvalue weighted by atomic mass is 16.7. The zero-order chi connectivity index (χ0) is 12.3. The summed E-state index contributed by atoms with van der Waals surface area (Å²) in [5.41, 5.74) is 0. The van der Waals surface area contributed by atoms with E-state index in [4.69, 9.17) is 15.9 Å². The molecule has 0 aromatic heterocycles. The Hall–Kier alpha value is -0.520. The van der Waals surface area contributed by atoms with E-state index in [0.717, 1.165) is 25.9 Å². The van der Waals surface area contributed by atoms with Crippen LogP contribution >= 0.6 is 0 Å². The molecule has 98 valence electrons. The van der Waals surface area contributed by atoms with E-state index in [0.29, 0.717) is 6.42 Å². The maximum Gasteiger partial charge on any atom is 0.157 e. The molecule has 1 saturated heterocycles. The summed E-state index contributed by atoms with van der Waals surface area (Å²) in [5.74, 6) is 2.72. The van der Waals surface area contributed by atoms with Crippen molar-refractivity contribution in [1.29, 1.82) is 0 Å². The molecule has 0 amide bonds. The minimum Gasteiger partial charge on any atom is -0.353 e. The molecule has 2 unspecified atom stereocenters. The molecule has 0 saturated carbocycles. The van der Waals surface area contributed by atoms with E-state index in [1.165, 1.54) is 32.1 Å². The van der Waals surface area contributed by atoms with Crippen LogP contribution in [0, 0.1) is 12.3 Å². The first-order chi connectivity index (χ1) is 8.36. The lowest BCUT2D eigenvalue weighted by atomic mass is 10.1. The first-order valence-electron chi connectivity index (χ1n) is 7.07. The fourth-order valence-electron chi connectivity index (χ4n) is 2.18. The smallest absolute Gasteiger partial charge is 0.157 e. The monoisotopic (exact) mass is 238 g/mol. The molecule has 2 nitrogen and oxygen atoms in total. The Labute approximate surface area is 106 Å². The minimum absolute atomic E-state index is 0.00623. The lowest BCUT2D eigenvalue weighted by Gasteiger charge is -2.27. The van der Waals surface area contributed by atoms with Gasteiger partial charge in [-0.05, 0) is 25.7 Å². The first kappa shape index (κ1) is 14.5. The molecule has 0 radical (unpaired) electrons. The molecule has 1 aliphatic heterocycles. The van der Waals surface area contributed by atoms with E-state index in [1.807, 2.05) is 0 Å². The Balaban J connectivity index is 2.19. The number of rotatable bonds is 8.